The Kier molecular flexibility index (Phi) is 6.23. The van der Waals surface area contributed by atoms with E-state index in [4.69, 9.17) is 4.74 Å². The van der Waals surface area contributed by atoms with Gasteiger partial charge in [-0.25, -0.2) is 12.8 Å². The van der Waals surface area contributed by atoms with Gasteiger partial charge >= 0.3 is 5.97 Å². The summed E-state index contributed by atoms with van der Waals surface area (Å²) in [5, 5.41) is 0. The second-order valence-electron chi connectivity index (χ2n) is 5.66. The Morgan fingerprint density at radius 3 is 2.19 bits per heavy atom. The molecule has 2 rings (SSSR count). The molecule has 138 valence electrons. The summed E-state index contributed by atoms with van der Waals surface area (Å²) >= 11 is 0. The van der Waals surface area contributed by atoms with E-state index in [0.29, 0.717) is 0 Å². The van der Waals surface area contributed by atoms with Crippen LogP contribution < -0.4 is 0 Å². The number of carbonyl (C=O) groups excluding carboxylic acids is 2. The van der Waals surface area contributed by atoms with Gasteiger partial charge in [-0.15, -0.1) is 0 Å². The van der Waals surface area contributed by atoms with Crippen molar-refractivity contribution in [2.24, 2.45) is 0 Å². The smallest absolute Gasteiger partial charge is 0.321 e. The largest absolute Gasteiger partial charge is 0.456 e. The van der Waals surface area contributed by atoms with Crippen molar-refractivity contribution in [3.63, 3.8) is 0 Å². The van der Waals surface area contributed by atoms with Gasteiger partial charge in [0.05, 0.1) is 4.90 Å². The number of nitrogens with zero attached hydrogens (tertiary/aromatic N) is 1. The van der Waals surface area contributed by atoms with Crippen LogP contribution in [0.3, 0.4) is 0 Å². The first-order valence-corrected chi connectivity index (χ1v) is 9.11. The van der Waals surface area contributed by atoms with E-state index in [9.17, 15) is 22.4 Å². The SMILES string of the molecule is Cc1ccc(S(=O)(=O)N(C)CC(=O)OCC(=O)c2ccc(F)cc2)cc1. The quantitative estimate of drug-likeness (QED) is 0.544. The lowest BCUT2D eigenvalue weighted by atomic mass is 10.1. The molecule has 26 heavy (non-hydrogen) atoms. The van der Waals surface area contributed by atoms with Crippen LogP contribution >= 0.6 is 0 Å². The topological polar surface area (TPSA) is 80.8 Å². The first-order valence-electron chi connectivity index (χ1n) is 7.67. The molecule has 0 amide bonds. The predicted molar refractivity (Wildman–Crippen MR) is 92.7 cm³/mol. The van der Waals surface area contributed by atoms with Crippen LogP contribution in [0.2, 0.25) is 0 Å². The summed E-state index contributed by atoms with van der Waals surface area (Å²) < 4.78 is 43.3. The minimum absolute atomic E-state index is 0.0563. The summed E-state index contributed by atoms with van der Waals surface area (Å²) in [6.07, 6.45) is 0. The third-order valence-corrected chi connectivity index (χ3v) is 5.43. The molecule has 0 aliphatic carbocycles. The molecule has 0 atom stereocenters. The standard InChI is InChI=1S/C18H18FNO5S/c1-13-3-9-16(10-4-13)26(23,24)20(2)11-18(22)25-12-17(21)14-5-7-15(19)8-6-14/h3-10H,11-12H2,1-2H3. The minimum Gasteiger partial charge on any atom is -0.456 e. The number of benzene rings is 2. The molecule has 0 heterocycles. The number of esters is 1. The van der Waals surface area contributed by atoms with Crippen molar-refractivity contribution in [2.45, 2.75) is 11.8 Å². The average Bonchev–Trinajstić information content (AvgIpc) is 2.60. The van der Waals surface area contributed by atoms with E-state index in [1.807, 2.05) is 6.92 Å². The van der Waals surface area contributed by atoms with Gasteiger partial charge in [-0.1, -0.05) is 17.7 Å². The lowest BCUT2D eigenvalue weighted by Gasteiger charge is -2.16. The zero-order valence-corrected chi connectivity index (χ0v) is 15.1. The second-order valence-corrected chi connectivity index (χ2v) is 7.71. The van der Waals surface area contributed by atoms with E-state index in [0.717, 1.165) is 22.0 Å². The van der Waals surface area contributed by atoms with Gasteiger partial charge < -0.3 is 4.74 Å². The van der Waals surface area contributed by atoms with Crippen LogP contribution in [0, 0.1) is 12.7 Å². The third-order valence-electron chi connectivity index (χ3n) is 3.61. The maximum atomic E-state index is 12.8. The molecule has 0 aromatic heterocycles. The predicted octanol–water partition coefficient (Wildman–Crippen LogP) is 2.18. The van der Waals surface area contributed by atoms with Crippen LogP contribution in [0.25, 0.3) is 0 Å². The normalized spacial score (nSPS) is 11.4. The molecule has 0 aliphatic heterocycles. The number of sulfonamides is 1. The Bertz CT molecular complexity index is 892. The van der Waals surface area contributed by atoms with Crippen molar-refractivity contribution < 1.29 is 27.1 Å². The van der Waals surface area contributed by atoms with Crippen molar-refractivity contribution in [1.82, 2.24) is 4.31 Å². The first-order chi connectivity index (χ1) is 12.2. The zero-order chi connectivity index (χ0) is 19.3. The zero-order valence-electron chi connectivity index (χ0n) is 14.3. The summed E-state index contributed by atoms with van der Waals surface area (Å²) in [6, 6.07) is 11.0. The lowest BCUT2D eigenvalue weighted by Crippen LogP contribution is -2.33. The summed E-state index contributed by atoms with van der Waals surface area (Å²) in [5.41, 5.74) is 1.10. The van der Waals surface area contributed by atoms with Crippen molar-refractivity contribution in [1.29, 1.82) is 0 Å². The Morgan fingerprint density at radius 2 is 1.62 bits per heavy atom. The van der Waals surface area contributed by atoms with Crippen LogP contribution in [-0.4, -0.2) is 44.7 Å². The summed E-state index contributed by atoms with van der Waals surface area (Å²) in [5.74, 6) is -1.86. The molecule has 0 spiro atoms. The van der Waals surface area contributed by atoms with Crippen LogP contribution in [-0.2, 0) is 19.6 Å². The van der Waals surface area contributed by atoms with E-state index in [1.165, 1.54) is 31.3 Å². The average molecular weight is 379 g/mol. The first kappa shape index (κ1) is 19.7. The minimum atomic E-state index is -3.84. The van der Waals surface area contributed by atoms with Gasteiger partial charge in [-0.2, -0.15) is 4.31 Å². The molecule has 0 bridgehead atoms. The fraction of sp³-hybridized carbons (Fsp3) is 0.222. The summed E-state index contributed by atoms with van der Waals surface area (Å²) in [4.78, 5) is 23.8. The maximum absolute atomic E-state index is 12.8. The molecule has 2 aromatic rings. The monoisotopic (exact) mass is 379 g/mol. The Balaban J connectivity index is 1.93. The molecule has 0 fully saturated rings. The number of carbonyl (C=O) groups is 2. The number of halogens is 1. The van der Waals surface area contributed by atoms with E-state index in [-0.39, 0.29) is 10.5 Å². The van der Waals surface area contributed by atoms with Gasteiger partial charge in [-0.3, -0.25) is 9.59 Å². The van der Waals surface area contributed by atoms with Crippen LogP contribution in [0.4, 0.5) is 4.39 Å². The van der Waals surface area contributed by atoms with Gasteiger partial charge in [0, 0.05) is 12.6 Å². The molecule has 0 aliphatic rings. The molecule has 0 radical (unpaired) electrons. The molecule has 0 saturated heterocycles. The molecular weight excluding hydrogens is 361 g/mol. The summed E-state index contributed by atoms with van der Waals surface area (Å²) in [7, 11) is -2.59. The molecule has 0 saturated carbocycles. The van der Waals surface area contributed by atoms with E-state index in [1.54, 1.807) is 12.1 Å². The van der Waals surface area contributed by atoms with Crippen molar-refractivity contribution in [3.8, 4) is 0 Å². The van der Waals surface area contributed by atoms with Gasteiger partial charge in [0.2, 0.25) is 10.0 Å². The number of hydrogen-bond donors (Lipinski definition) is 0. The number of ether oxygens (including phenoxy) is 1. The van der Waals surface area contributed by atoms with E-state index >= 15 is 0 Å². The Hall–Kier alpha value is -2.58. The van der Waals surface area contributed by atoms with E-state index < -0.39 is 40.7 Å². The third kappa shape index (κ3) is 4.96. The highest BCUT2D eigenvalue weighted by Gasteiger charge is 2.23. The second kappa shape index (κ2) is 8.20. The molecule has 0 N–H and O–H groups in total. The van der Waals surface area contributed by atoms with Gasteiger partial charge in [0.25, 0.3) is 0 Å². The number of aryl methyl sites for hydroxylation is 1. The van der Waals surface area contributed by atoms with E-state index in [2.05, 4.69) is 0 Å². The lowest BCUT2D eigenvalue weighted by molar-refractivity contribution is -0.142. The van der Waals surface area contributed by atoms with Gasteiger partial charge in [0.15, 0.2) is 12.4 Å². The fourth-order valence-corrected chi connectivity index (χ4v) is 3.18. The van der Waals surface area contributed by atoms with Gasteiger partial charge in [-0.05, 0) is 43.3 Å². The Morgan fingerprint density at radius 1 is 1.04 bits per heavy atom. The molecule has 6 nitrogen and oxygen atoms in total. The number of Topliss-reactive ketones (excluding diaryl/α,β-unsaturated/α-hetero) is 1. The van der Waals surface area contributed by atoms with Crippen molar-refractivity contribution >= 4 is 21.8 Å². The number of rotatable bonds is 7. The van der Waals surface area contributed by atoms with Crippen LogP contribution in [0.15, 0.2) is 53.4 Å². The molecule has 8 heteroatoms. The van der Waals surface area contributed by atoms with Crippen LogP contribution in [0.5, 0.6) is 0 Å². The maximum Gasteiger partial charge on any atom is 0.321 e. The molecular formula is C18H18FNO5S. The van der Waals surface area contributed by atoms with Crippen molar-refractivity contribution in [2.75, 3.05) is 20.2 Å². The fourth-order valence-electron chi connectivity index (χ4n) is 2.07. The highest BCUT2D eigenvalue weighted by atomic mass is 32.2. The summed E-state index contributed by atoms with van der Waals surface area (Å²) in [6.45, 7) is 0.741. The molecule has 0 unspecified atom stereocenters. The number of hydrogen-bond acceptors (Lipinski definition) is 5. The number of ketones is 1. The van der Waals surface area contributed by atoms with Gasteiger partial charge in [0.1, 0.15) is 12.4 Å². The number of likely N-dealkylation sites (N-methyl/N-ethyl adjacent to an activating group) is 1. The highest BCUT2D eigenvalue weighted by Crippen LogP contribution is 2.15. The van der Waals surface area contributed by atoms with Crippen LogP contribution in [0.1, 0.15) is 15.9 Å². The molecule has 2 aromatic carbocycles. The highest BCUT2D eigenvalue weighted by molar-refractivity contribution is 7.89. The Labute approximate surface area is 151 Å². The van der Waals surface area contributed by atoms with Crippen molar-refractivity contribution in [3.05, 3.63) is 65.5 Å².